The summed E-state index contributed by atoms with van der Waals surface area (Å²) in [6.45, 7) is 5.98. The molecule has 3 nitrogen and oxygen atoms in total. The maximum Gasteiger partial charge on any atom is 0.249 e. The van der Waals surface area contributed by atoms with Crippen LogP contribution in [0.25, 0.3) is 0 Å². The monoisotopic (exact) mass is 221 g/mol. The summed E-state index contributed by atoms with van der Waals surface area (Å²) in [7, 11) is 0. The second kappa shape index (κ2) is 5.12. The molecule has 1 N–H and O–H groups in total. The van der Waals surface area contributed by atoms with E-state index in [-0.39, 0.29) is 11.4 Å². The van der Waals surface area contributed by atoms with E-state index in [0.717, 1.165) is 5.56 Å². The van der Waals surface area contributed by atoms with Crippen LogP contribution in [0.1, 0.15) is 26.3 Å². The number of rotatable bonds is 3. The van der Waals surface area contributed by atoms with E-state index in [1.54, 1.807) is 4.90 Å². The first-order chi connectivity index (χ1) is 7.45. The first kappa shape index (κ1) is 12.7. The zero-order valence-corrected chi connectivity index (χ0v) is 10.1. The molecule has 0 aliphatic rings. The molecule has 1 aromatic rings. The molecule has 1 rings (SSSR count). The third-order valence-electron chi connectivity index (χ3n) is 2.43. The summed E-state index contributed by atoms with van der Waals surface area (Å²) in [5.74, 6) is -0.239. The minimum Gasteiger partial charge on any atom is -0.387 e. The maximum atomic E-state index is 11.6. The first-order valence-electron chi connectivity index (χ1n) is 5.40. The Hall–Kier alpha value is -1.35. The highest BCUT2D eigenvalue weighted by Gasteiger charge is 2.25. The van der Waals surface area contributed by atoms with Crippen LogP contribution in [0.3, 0.4) is 0 Å². The highest BCUT2D eigenvalue weighted by atomic mass is 16.3. The highest BCUT2D eigenvalue weighted by molar-refractivity contribution is 5.77. The first-order valence-corrected chi connectivity index (χ1v) is 5.40. The molecule has 88 valence electrons. The predicted octanol–water partition coefficient (Wildman–Crippen LogP) is 1.81. The van der Waals surface area contributed by atoms with Crippen LogP contribution in [-0.4, -0.2) is 28.1 Å². The van der Waals surface area contributed by atoms with E-state index in [2.05, 4.69) is 0 Å². The molecule has 0 heterocycles. The summed E-state index contributed by atoms with van der Waals surface area (Å²) in [5.41, 5.74) is 0.787. The highest BCUT2D eigenvalue weighted by Crippen LogP contribution is 2.17. The smallest absolute Gasteiger partial charge is 0.249 e. The Balaban J connectivity index is 2.84. The van der Waals surface area contributed by atoms with Gasteiger partial charge in [0.05, 0.1) is 0 Å². The molecule has 3 heteroatoms. The van der Waals surface area contributed by atoms with Gasteiger partial charge < -0.3 is 10.0 Å². The summed E-state index contributed by atoms with van der Waals surface area (Å²) >= 11 is 0. The van der Waals surface area contributed by atoms with E-state index in [0.29, 0.717) is 6.54 Å². The molecule has 0 bridgehead atoms. The molecule has 0 aliphatic carbocycles. The third-order valence-corrected chi connectivity index (χ3v) is 2.43. The van der Waals surface area contributed by atoms with Gasteiger partial charge in [0.1, 0.15) is 6.61 Å². The fraction of sp³-hybridized carbons (Fsp3) is 0.462. The quantitative estimate of drug-likeness (QED) is 0.845. The molecule has 0 atom stereocenters. The molecule has 1 amide bonds. The van der Waals surface area contributed by atoms with Crippen molar-refractivity contribution in [1.82, 2.24) is 4.90 Å². The standard InChI is InChI=1S/C13H19NO2/c1-13(2,3)14(12(16)10-15)9-11-7-5-4-6-8-11/h4-8,15H,9-10H2,1-3H3. The summed E-state index contributed by atoms with van der Waals surface area (Å²) in [6, 6.07) is 9.78. The summed E-state index contributed by atoms with van der Waals surface area (Å²) in [5, 5.41) is 8.96. The molecule has 0 spiro atoms. The van der Waals surface area contributed by atoms with Gasteiger partial charge in [-0.25, -0.2) is 0 Å². The van der Waals surface area contributed by atoms with Gasteiger partial charge in [-0.2, -0.15) is 0 Å². The summed E-state index contributed by atoms with van der Waals surface area (Å²) in [6.07, 6.45) is 0. The van der Waals surface area contributed by atoms with Gasteiger partial charge in [-0.3, -0.25) is 4.79 Å². The summed E-state index contributed by atoms with van der Waals surface area (Å²) < 4.78 is 0. The molecule has 0 fully saturated rings. The molecular weight excluding hydrogens is 202 g/mol. The molecule has 0 aromatic heterocycles. The molecule has 0 radical (unpaired) electrons. The van der Waals surface area contributed by atoms with Crippen molar-refractivity contribution in [2.24, 2.45) is 0 Å². The number of carbonyl (C=O) groups is 1. The van der Waals surface area contributed by atoms with E-state index in [4.69, 9.17) is 5.11 Å². The Morgan fingerprint density at radius 2 is 1.81 bits per heavy atom. The van der Waals surface area contributed by atoms with Crippen molar-refractivity contribution in [3.05, 3.63) is 35.9 Å². The van der Waals surface area contributed by atoms with Crippen LogP contribution in [0, 0.1) is 0 Å². The minimum absolute atomic E-state index is 0.239. The lowest BCUT2D eigenvalue weighted by molar-refractivity contribution is -0.139. The number of hydrogen-bond donors (Lipinski definition) is 1. The SMILES string of the molecule is CC(C)(C)N(Cc1ccccc1)C(=O)CO. The maximum absolute atomic E-state index is 11.6. The Morgan fingerprint density at radius 1 is 1.25 bits per heavy atom. The van der Waals surface area contributed by atoms with Crippen molar-refractivity contribution < 1.29 is 9.90 Å². The van der Waals surface area contributed by atoms with Crippen LogP contribution < -0.4 is 0 Å². The largest absolute Gasteiger partial charge is 0.387 e. The van der Waals surface area contributed by atoms with Gasteiger partial charge in [-0.05, 0) is 26.3 Å². The lowest BCUT2D eigenvalue weighted by Gasteiger charge is -2.35. The van der Waals surface area contributed by atoms with Gasteiger partial charge in [-0.15, -0.1) is 0 Å². The Labute approximate surface area is 96.7 Å². The van der Waals surface area contributed by atoms with Crippen molar-refractivity contribution in [1.29, 1.82) is 0 Å². The molecule has 1 aromatic carbocycles. The second-order valence-corrected chi connectivity index (χ2v) is 4.79. The number of nitrogens with zero attached hydrogens (tertiary/aromatic N) is 1. The molecule has 0 aliphatic heterocycles. The van der Waals surface area contributed by atoms with Crippen molar-refractivity contribution in [3.8, 4) is 0 Å². The number of carbonyl (C=O) groups excluding carboxylic acids is 1. The lowest BCUT2D eigenvalue weighted by atomic mass is 10.0. The van der Waals surface area contributed by atoms with Crippen LogP contribution >= 0.6 is 0 Å². The van der Waals surface area contributed by atoms with Crippen LogP contribution in [-0.2, 0) is 11.3 Å². The average molecular weight is 221 g/mol. The van der Waals surface area contributed by atoms with Crippen LogP contribution in [0.2, 0.25) is 0 Å². The predicted molar refractivity (Wildman–Crippen MR) is 63.8 cm³/mol. The number of aliphatic hydroxyl groups is 1. The molecule has 0 saturated carbocycles. The normalized spacial score (nSPS) is 11.2. The lowest BCUT2D eigenvalue weighted by Crippen LogP contribution is -2.46. The average Bonchev–Trinajstić information content (AvgIpc) is 2.25. The molecule has 0 saturated heterocycles. The van der Waals surface area contributed by atoms with Gasteiger partial charge in [0.25, 0.3) is 0 Å². The van der Waals surface area contributed by atoms with E-state index in [9.17, 15) is 4.79 Å². The Bertz CT molecular complexity index is 341. The Morgan fingerprint density at radius 3 is 2.25 bits per heavy atom. The number of hydrogen-bond acceptors (Lipinski definition) is 2. The molecule has 0 unspecified atom stereocenters. The van der Waals surface area contributed by atoms with E-state index in [1.165, 1.54) is 0 Å². The van der Waals surface area contributed by atoms with Crippen molar-refractivity contribution >= 4 is 5.91 Å². The van der Waals surface area contributed by atoms with Gasteiger partial charge >= 0.3 is 0 Å². The zero-order valence-electron chi connectivity index (χ0n) is 10.1. The minimum atomic E-state index is -0.440. The van der Waals surface area contributed by atoms with Gasteiger partial charge in [0.15, 0.2) is 0 Å². The number of aliphatic hydroxyl groups excluding tert-OH is 1. The van der Waals surface area contributed by atoms with Crippen LogP contribution in [0.5, 0.6) is 0 Å². The van der Waals surface area contributed by atoms with Crippen molar-refractivity contribution in [3.63, 3.8) is 0 Å². The van der Waals surface area contributed by atoms with Gasteiger partial charge in [-0.1, -0.05) is 30.3 Å². The molecular formula is C13H19NO2. The van der Waals surface area contributed by atoms with Gasteiger partial charge in [0.2, 0.25) is 5.91 Å². The van der Waals surface area contributed by atoms with Gasteiger partial charge in [0, 0.05) is 12.1 Å². The van der Waals surface area contributed by atoms with E-state index in [1.807, 2.05) is 51.1 Å². The molecule has 16 heavy (non-hydrogen) atoms. The fourth-order valence-corrected chi connectivity index (χ4v) is 1.55. The van der Waals surface area contributed by atoms with Crippen LogP contribution in [0.4, 0.5) is 0 Å². The van der Waals surface area contributed by atoms with E-state index >= 15 is 0 Å². The Kier molecular flexibility index (Phi) is 4.07. The van der Waals surface area contributed by atoms with Crippen molar-refractivity contribution in [2.75, 3.05) is 6.61 Å². The number of amides is 1. The van der Waals surface area contributed by atoms with E-state index < -0.39 is 6.61 Å². The topological polar surface area (TPSA) is 40.5 Å². The zero-order chi connectivity index (χ0) is 12.2. The third kappa shape index (κ3) is 3.35. The number of benzene rings is 1. The fourth-order valence-electron chi connectivity index (χ4n) is 1.55. The van der Waals surface area contributed by atoms with Crippen molar-refractivity contribution in [2.45, 2.75) is 32.9 Å². The summed E-state index contributed by atoms with van der Waals surface area (Å²) in [4.78, 5) is 13.3. The van der Waals surface area contributed by atoms with Crippen LogP contribution in [0.15, 0.2) is 30.3 Å². The second-order valence-electron chi connectivity index (χ2n) is 4.79.